The van der Waals surface area contributed by atoms with E-state index in [0.29, 0.717) is 5.84 Å². The van der Waals surface area contributed by atoms with Gasteiger partial charge in [-0.3, -0.25) is 0 Å². The highest BCUT2D eigenvalue weighted by Gasteiger charge is 2.16. The van der Waals surface area contributed by atoms with Crippen molar-refractivity contribution in [3.63, 3.8) is 0 Å². The normalized spacial score (nSPS) is 16.8. The summed E-state index contributed by atoms with van der Waals surface area (Å²) in [4.78, 5) is 11.3. The molecular weight excluding hydrogens is 290 g/mol. The minimum atomic E-state index is 0.403. The molecule has 2 aromatic rings. The molecule has 0 radical (unpaired) electrons. The first-order valence-corrected chi connectivity index (χ1v) is 7.64. The quantitative estimate of drug-likeness (QED) is 0.493. The molecule has 1 aliphatic rings. The Labute approximate surface area is 135 Å². The lowest BCUT2D eigenvalue weighted by Gasteiger charge is -2.29. The zero-order valence-corrected chi connectivity index (χ0v) is 13.2. The lowest BCUT2D eigenvalue weighted by Crippen LogP contribution is -2.42. The molecule has 7 heteroatoms. The van der Waals surface area contributed by atoms with Gasteiger partial charge in [-0.25, -0.2) is 14.5 Å². The minimum absolute atomic E-state index is 0.403. The second-order valence-electron chi connectivity index (χ2n) is 5.33. The number of imidazole rings is 1. The van der Waals surface area contributed by atoms with Gasteiger partial charge in [0.05, 0.1) is 5.69 Å². The highest BCUT2D eigenvalue weighted by Crippen LogP contribution is 2.13. The summed E-state index contributed by atoms with van der Waals surface area (Å²) in [6.45, 7) is 9.33. The van der Waals surface area contributed by atoms with Gasteiger partial charge in [-0.2, -0.15) is 5.10 Å². The number of aliphatic imine (C=N–C) groups is 1. The summed E-state index contributed by atoms with van der Waals surface area (Å²) in [5.74, 6) is 1.21. The monoisotopic (exact) mass is 311 g/mol. The van der Waals surface area contributed by atoms with E-state index in [9.17, 15) is 0 Å². The maximum Gasteiger partial charge on any atom is 0.154 e. The number of nitrogens with zero attached hydrogens (tertiary/aromatic N) is 5. The van der Waals surface area contributed by atoms with Crippen LogP contribution in [0.1, 0.15) is 11.4 Å². The van der Waals surface area contributed by atoms with Crippen LogP contribution < -0.4 is 11.1 Å². The molecule has 3 N–H and O–H groups in total. The first-order chi connectivity index (χ1) is 11.2. The van der Waals surface area contributed by atoms with Gasteiger partial charge in [-0.1, -0.05) is 12.7 Å². The van der Waals surface area contributed by atoms with E-state index >= 15 is 0 Å². The molecule has 0 spiro atoms. The molecule has 1 aliphatic heterocycles. The molecule has 0 amide bonds. The Morgan fingerprint density at radius 1 is 1.43 bits per heavy atom. The van der Waals surface area contributed by atoms with Gasteiger partial charge in [-0.15, -0.1) is 0 Å². The van der Waals surface area contributed by atoms with E-state index in [-0.39, 0.29) is 0 Å². The summed E-state index contributed by atoms with van der Waals surface area (Å²) >= 11 is 0. The van der Waals surface area contributed by atoms with E-state index < -0.39 is 0 Å². The van der Waals surface area contributed by atoms with Crippen LogP contribution in [0.5, 0.6) is 0 Å². The van der Waals surface area contributed by atoms with E-state index in [1.807, 2.05) is 25.1 Å². The molecular formula is C16H21N7. The lowest BCUT2D eigenvalue weighted by molar-refractivity contribution is 0.297. The molecule has 0 saturated carbocycles. The molecule has 120 valence electrons. The van der Waals surface area contributed by atoms with Crippen molar-refractivity contribution in [1.82, 2.24) is 24.8 Å². The fourth-order valence-electron chi connectivity index (χ4n) is 2.68. The Bertz CT molecular complexity index is 766. The van der Waals surface area contributed by atoms with Crippen molar-refractivity contribution < 1.29 is 0 Å². The van der Waals surface area contributed by atoms with Crippen molar-refractivity contribution in [1.29, 1.82) is 0 Å². The first kappa shape index (κ1) is 15.2. The fourth-order valence-corrected chi connectivity index (χ4v) is 2.68. The highest BCUT2D eigenvalue weighted by atomic mass is 15.3. The number of amidine groups is 1. The van der Waals surface area contributed by atoms with Gasteiger partial charge in [0.25, 0.3) is 0 Å². The van der Waals surface area contributed by atoms with Crippen molar-refractivity contribution >= 4 is 11.5 Å². The molecule has 0 atom stereocenters. The summed E-state index contributed by atoms with van der Waals surface area (Å²) in [5, 5.41) is 7.65. The minimum Gasteiger partial charge on any atom is -0.382 e. The van der Waals surface area contributed by atoms with Crippen LogP contribution in [0.4, 0.5) is 0 Å². The Morgan fingerprint density at radius 3 is 2.96 bits per heavy atom. The summed E-state index contributed by atoms with van der Waals surface area (Å²) in [7, 11) is 0. The molecule has 23 heavy (non-hydrogen) atoms. The summed E-state index contributed by atoms with van der Waals surface area (Å²) in [6, 6.07) is 3.75. The molecule has 1 saturated heterocycles. The largest absolute Gasteiger partial charge is 0.382 e. The van der Waals surface area contributed by atoms with Crippen molar-refractivity contribution in [2.45, 2.75) is 6.92 Å². The Balaban J connectivity index is 2.00. The molecule has 1 fully saturated rings. The SMILES string of the molecule is C=C/C=C(\N=C(/N)c1c(C)nc2cccnn12)N1CCNCC1. The number of aryl methyl sites for hydroxylation is 1. The molecule has 3 heterocycles. The van der Waals surface area contributed by atoms with E-state index in [1.54, 1.807) is 16.8 Å². The topological polar surface area (TPSA) is 83.8 Å². The molecule has 7 nitrogen and oxygen atoms in total. The van der Waals surface area contributed by atoms with Crippen molar-refractivity contribution in [3.8, 4) is 0 Å². The zero-order valence-electron chi connectivity index (χ0n) is 13.2. The van der Waals surface area contributed by atoms with Gasteiger partial charge in [0, 0.05) is 32.4 Å². The number of hydrogen-bond acceptors (Lipinski definition) is 5. The average molecular weight is 311 g/mol. The number of allylic oxidation sites excluding steroid dienone is 2. The third kappa shape index (κ3) is 3.09. The molecule has 0 aliphatic carbocycles. The average Bonchev–Trinajstić information content (AvgIpc) is 2.91. The first-order valence-electron chi connectivity index (χ1n) is 7.64. The molecule has 3 rings (SSSR count). The van der Waals surface area contributed by atoms with Crippen molar-refractivity contribution in [3.05, 3.63) is 54.3 Å². The van der Waals surface area contributed by atoms with Gasteiger partial charge < -0.3 is 16.0 Å². The second-order valence-corrected chi connectivity index (χ2v) is 5.33. The third-order valence-electron chi connectivity index (χ3n) is 3.75. The van der Waals surface area contributed by atoms with Crippen molar-refractivity contribution in [2.75, 3.05) is 26.2 Å². The van der Waals surface area contributed by atoms with Crippen LogP contribution in [0.3, 0.4) is 0 Å². The van der Waals surface area contributed by atoms with Gasteiger partial charge in [-0.05, 0) is 25.1 Å². The predicted molar refractivity (Wildman–Crippen MR) is 91.2 cm³/mol. The lowest BCUT2D eigenvalue weighted by atomic mass is 10.3. The molecule has 0 bridgehead atoms. The summed E-state index contributed by atoms with van der Waals surface area (Å²) in [5.41, 5.74) is 8.57. The summed E-state index contributed by atoms with van der Waals surface area (Å²) in [6.07, 6.45) is 5.32. The maximum absolute atomic E-state index is 6.28. The summed E-state index contributed by atoms with van der Waals surface area (Å²) < 4.78 is 1.72. The number of piperazine rings is 1. The Kier molecular flexibility index (Phi) is 4.38. The van der Waals surface area contributed by atoms with E-state index in [0.717, 1.165) is 49.0 Å². The molecule has 2 aromatic heterocycles. The number of rotatable bonds is 4. The van der Waals surface area contributed by atoms with Crippen LogP contribution in [0, 0.1) is 6.92 Å². The van der Waals surface area contributed by atoms with E-state index in [2.05, 4.69) is 31.9 Å². The van der Waals surface area contributed by atoms with E-state index in [1.165, 1.54) is 0 Å². The number of fused-ring (bicyclic) bond motifs is 1. The van der Waals surface area contributed by atoms with Crippen molar-refractivity contribution in [2.24, 2.45) is 10.7 Å². The van der Waals surface area contributed by atoms with Gasteiger partial charge in [0.2, 0.25) is 0 Å². The standard InChI is InChI=1S/C16H21N7/c1-3-5-13(22-10-8-18-9-11-22)21-16(17)15-12(2)20-14-6-4-7-19-23(14)15/h3-7,18H,1,8-11H2,2H3,(H2,17,21)/b13-5+. The maximum atomic E-state index is 6.28. The van der Waals surface area contributed by atoms with Crippen LogP contribution in [-0.4, -0.2) is 51.5 Å². The number of nitrogens with one attached hydrogen (secondary N) is 1. The van der Waals surface area contributed by atoms with Gasteiger partial charge >= 0.3 is 0 Å². The van der Waals surface area contributed by atoms with Gasteiger partial charge in [0.1, 0.15) is 11.5 Å². The number of hydrogen-bond donors (Lipinski definition) is 2. The third-order valence-corrected chi connectivity index (χ3v) is 3.75. The highest BCUT2D eigenvalue weighted by molar-refractivity contribution is 5.98. The number of nitrogens with two attached hydrogens (primary N) is 1. The van der Waals surface area contributed by atoms with Gasteiger partial charge in [0.15, 0.2) is 11.5 Å². The van der Waals surface area contributed by atoms with Crippen LogP contribution in [0.2, 0.25) is 0 Å². The predicted octanol–water partition coefficient (Wildman–Crippen LogP) is 0.676. The smallest absolute Gasteiger partial charge is 0.154 e. The molecule has 0 unspecified atom stereocenters. The van der Waals surface area contributed by atoms with E-state index in [4.69, 9.17) is 5.73 Å². The molecule has 0 aromatic carbocycles. The van der Waals surface area contributed by atoms with Crippen LogP contribution in [-0.2, 0) is 0 Å². The second kappa shape index (κ2) is 6.62. The van der Waals surface area contributed by atoms with Crippen LogP contribution >= 0.6 is 0 Å². The van der Waals surface area contributed by atoms with Crippen LogP contribution in [0.15, 0.2) is 47.9 Å². The Morgan fingerprint density at radius 2 is 2.22 bits per heavy atom. The zero-order chi connectivity index (χ0) is 16.2. The Hall–Kier alpha value is -2.67. The fraction of sp³-hybridized carbons (Fsp3) is 0.312. The van der Waals surface area contributed by atoms with Crippen LogP contribution in [0.25, 0.3) is 5.65 Å². The number of aromatic nitrogens is 3.